The molecule has 126 valence electrons. The van der Waals surface area contributed by atoms with Crippen molar-refractivity contribution >= 4 is 11.8 Å². The van der Waals surface area contributed by atoms with Gasteiger partial charge in [-0.3, -0.25) is 14.7 Å². The Morgan fingerprint density at radius 3 is 2.78 bits per heavy atom. The molecule has 1 aromatic heterocycles. The summed E-state index contributed by atoms with van der Waals surface area (Å²) in [5.74, 6) is 1.01. The molecule has 4 heterocycles. The van der Waals surface area contributed by atoms with E-state index < -0.39 is 0 Å². The van der Waals surface area contributed by atoms with Gasteiger partial charge in [-0.15, -0.1) is 0 Å². The van der Waals surface area contributed by atoms with Gasteiger partial charge < -0.3 is 9.80 Å². The number of hydrogen-bond donors (Lipinski definition) is 1. The van der Waals surface area contributed by atoms with Gasteiger partial charge in [0.1, 0.15) is 5.69 Å². The van der Waals surface area contributed by atoms with Crippen molar-refractivity contribution in [2.45, 2.75) is 46.1 Å². The monoisotopic (exact) mass is 318 g/mol. The number of piperidine rings is 1. The lowest BCUT2D eigenvalue weighted by Gasteiger charge is -2.35. The topological polar surface area (TPSA) is 69.3 Å². The molecule has 3 fully saturated rings. The van der Waals surface area contributed by atoms with E-state index in [1.165, 1.54) is 0 Å². The Balaban J connectivity index is 1.75. The zero-order valence-electron chi connectivity index (χ0n) is 14.2. The summed E-state index contributed by atoms with van der Waals surface area (Å²) in [5.41, 5.74) is 1.51. The molecule has 0 aliphatic carbocycles. The first-order valence-electron chi connectivity index (χ1n) is 8.54. The lowest BCUT2D eigenvalue weighted by atomic mass is 9.94. The first-order valence-corrected chi connectivity index (χ1v) is 8.54. The van der Waals surface area contributed by atoms with Crippen molar-refractivity contribution in [2.75, 3.05) is 19.6 Å². The molecule has 0 radical (unpaired) electrons. The second kappa shape index (κ2) is 6.34. The summed E-state index contributed by atoms with van der Waals surface area (Å²) in [7, 11) is 0. The van der Waals surface area contributed by atoms with E-state index in [2.05, 4.69) is 24.0 Å². The molecule has 2 atom stereocenters. The summed E-state index contributed by atoms with van der Waals surface area (Å²) in [6.07, 6.45) is 2.96. The van der Waals surface area contributed by atoms with Crippen LogP contribution in [0.15, 0.2) is 6.07 Å². The predicted molar refractivity (Wildman–Crippen MR) is 86.9 cm³/mol. The summed E-state index contributed by atoms with van der Waals surface area (Å²) in [6.45, 7) is 8.07. The van der Waals surface area contributed by atoms with Gasteiger partial charge in [0.25, 0.3) is 5.91 Å². The van der Waals surface area contributed by atoms with Gasteiger partial charge in [-0.25, -0.2) is 0 Å². The van der Waals surface area contributed by atoms with Crippen LogP contribution in [0, 0.1) is 11.8 Å². The van der Waals surface area contributed by atoms with E-state index in [1.54, 1.807) is 6.92 Å². The van der Waals surface area contributed by atoms with E-state index in [1.807, 2.05) is 15.9 Å². The fourth-order valence-electron chi connectivity index (χ4n) is 3.75. The van der Waals surface area contributed by atoms with Crippen LogP contribution in [0.1, 0.15) is 49.8 Å². The van der Waals surface area contributed by atoms with E-state index in [0.29, 0.717) is 24.1 Å². The number of amides is 2. The molecule has 2 unspecified atom stereocenters. The Bertz CT molecular complexity index is 595. The minimum atomic E-state index is -0.00337. The van der Waals surface area contributed by atoms with Crippen LogP contribution < -0.4 is 0 Å². The Morgan fingerprint density at radius 2 is 2.09 bits per heavy atom. The number of nitrogens with zero attached hydrogens (tertiary/aromatic N) is 3. The van der Waals surface area contributed by atoms with E-state index in [4.69, 9.17) is 0 Å². The molecule has 4 rings (SSSR count). The molecular formula is C17H26N4O2. The lowest BCUT2D eigenvalue weighted by molar-refractivity contribution is -0.129. The third-order valence-electron chi connectivity index (χ3n) is 4.90. The minimum Gasteiger partial charge on any atom is -0.341 e. The number of carbonyl (C=O) groups is 2. The molecule has 1 N–H and O–H groups in total. The molecule has 6 heteroatoms. The lowest BCUT2D eigenvalue weighted by Crippen LogP contribution is -2.47. The van der Waals surface area contributed by atoms with Crippen LogP contribution in [-0.2, 0) is 11.2 Å². The van der Waals surface area contributed by atoms with Gasteiger partial charge in [-0.05, 0) is 37.2 Å². The quantitative estimate of drug-likeness (QED) is 0.922. The minimum absolute atomic E-state index is 0.00337. The summed E-state index contributed by atoms with van der Waals surface area (Å²) < 4.78 is 0. The molecule has 2 bridgehead atoms. The standard InChI is InChI=1S/C17H26N4O2/c1-11(2)6-14-7-16(19-18-14)17(23)21-9-13-4-5-15(21)10-20(8-13)12(3)22/h7,11,13,15H,4-6,8-10H2,1-3H3,(H,18,19). The molecule has 3 aliphatic heterocycles. The van der Waals surface area contributed by atoms with Crippen molar-refractivity contribution in [3.63, 3.8) is 0 Å². The number of H-pyrrole nitrogens is 1. The Labute approximate surface area is 137 Å². The molecule has 6 nitrogen and oxygen atoms in total. The highest BCUT2D eigenvalue weighted by atomic mass is 16.2. The fourth-order valence-corrected chi connectivity index (χ4v) is 3.75. The van der Waals surface area contributed by atoms with Gasteiger partial charge in [0, 0.05) is 38.3 Å². The van der Waals surface area contributed by atoms with Gasteiger partial charge in [-0.2, -0.15) is 5.10 Å². The van der Waals surface area contributed by atoms with Crippen LogP contribution in [0.2, 0.25) is 0 Å². The van der Waals surface area contributed by atoms with Crippen LogP contribution in [-0.4, -0.2) is 57.5 Å². The number of aromatic amines is 1. The molecule has 23 heavy (non-hydrogen) atoms. The van der Waals surface area contributed by atoms with Crippen LogP contribution in [0.3, 0.4) is 0 Å². The van der Waals surface area contributed by atoms with Gasteiger partial charge >= 0.3 is 0 Å². The highest BCUT2D eigenvalue weighted by Gasteiger charge is 2.38. The molecule has 0 saturated carbocycles. The SMILES string of the molecule is CC(=O)N1CC2CCC(C1)N(C(=O)c1cc(CC(C)C)[nH]n1)C2. The molecule has 3 aliphatic rings. The number of rotatable bonds is 3. The summed E-state index contributed by atoms with van der Waals surface area (Å²) >= 11 is 0. The second-order valence-corrected chi connectivity index (χ2v) is 7.36. The van der Waals surface area contributed by atoms with Crippen molar-refractivity contribution in [1.29, 1.82) is 0 Å². The van der Waals surface area contributed by atoms with Crippen LogP contribution in [0.25, 0.3) is 0 Å². The maximum Gasteiger partial charge on any atom is 0.274 e. The largest absolute Gasteiger partial charge is 0.341 e. The highest BCUT2D eigenvalue weighted by molar-refractivity contribution is 5.92. The van der Waals surface area contributed by atoms with E-state index in [-0.39, 0.29) is 17.9 Å². The molecule has 3 saturated heterocycles. The average Bonchev–Trinajstić information content (AvgIpc) is 2.75. The van der Waals surface area contributed by atoms with Crippen molar-refractivity contribution < 1.29 is 9.59 Å². The van der Waals surface area contributed by atoms with Crippen molar-refractivity contribution in [3.05, 3.63) is 17.5 Å². The average molecular weight is 318 g/mol. The zero-order valence-corrected chi connectivity index (χ0v) is 14.2. The molecular weight excluding hydrogens is 292 g/mol. The van der Waals surface area contributed by atoms with E-state index in [0.717, 1.165) is 38.0 Å². The third-order valence-corrected chi connectivity index (χ3v) is 4.90. The van der Waals surface area contributed by atoms with Crippen LogP contribution in [0.4, 0.5) is 0 Å². The Kier molecular flexibility index (Phi) is 4.41. The van der Waals surface area contributed by atoms with Gasteiger partial charge in [0.05, 0.1) is 0 Å². The van der Waals surface area contributed by atoms with Gasteiger partial charge in [-0.1, -0.05) is 13.8 Å². The predicted octanol–water partition coefficient (Wildman–Crippen LogP) is 1.69. The fraction of sp³-hybridized carbons (Fsp3) is 0.706. The smallest absolute Gasteiger partial charge is 0.274 e. The van der Waals surface area contributed by atoms with Crippen LogP contribution >= 0.6 is 0 Å². The highest BCUT2D eigenvalue weighted by Crippen LogP contribution is 2.29. The second-order valence-electron chi connectivity index (χ2n) is 7.36. The third kappa shape index (κ3) is 3.41. The Hall–Kier alpha value is -1.85. The molecule has 0 spiro atoms. The Morgan fingerprint density at radius 1 is 1.30 bits per heavy atom. The maximum atomic E-state index is 12.9. The number of aromatic nitrogens is 2. The number of hydrogen-bond acceptors (Lipinski definition) is 3. The van der Waals surface area contributed by atoms with Crippen molar-refractivity contribution in [2.24, 2.45) is 11.8 Å². The summed E-state index contributed by atoms with van der Waals surface area (Å²) in [5, 5.41) is 7.20. The summed E-state index contributed by atoms with van der Waals surface area (Å²) in [4.78, 5) is 28.4. The summed E-state index contributed by atoms with van der Waals surface area (Å²) in [6, 6.07) is 2.00. The molecule has 2 amide bonds. The molecule has 1 aromatic rings. The zero-order chi connectivity index (χ0) is 16.6. The van der Waals surface area contributed by atoms with Crippen molar-refractivity contribution in [3.8, 4) is 0 Å². The number of fused-ring (bicyclic) bond motifs is 4. The van der Waals surface area contributed by atoms with Gasteiger partial charge in [0.2, 0.25) is 5.91 Å². The number of carbonyl (C=O) groups excluding carboxylic acids is 2. The van der Waals surface area contributed by atoms with Crippen LogP contribution in [0.5, 0.6) is 0 Å². The first-order chi connectivity index (χ1) is 10.9. The normalized spacial score (nSPS) is 24.2. The van der Waals surface area contributed by atoms with E-state index in [9.17, 15) is 9.59 Å². The number of nitrogens with one attached hydrogen (secondary N) is 1. The van der Waals surface area contributed by atoms with E-state index >= 15 is 0 Å². The maximum absolute atomic E-state index is 12.9. The molecule has 0 aromatic carbocycles. The first kappa shape index (κ1) is 16.0. The van der Waals surface area contributed by atoms with Crippen molar-refractivity contribution in [1.82, 2.24) is 20.0 Å². The van der Waals surface area contributed by atoms with Gasteiger partial charge in [0.15, 0.2) is 0 Å².